The van der Waals surface area contributed by atoms with Crippen LogP contribution in [0.2, 0.25) is 0 Å². The number of carbonyl (C=O) groups is 1. The molecule has 3 N–H and O–H groups in total. The van der Waals surface area contributed by atoms with Crippen LogP contribution in [-0.2, 0) is 4.79 Å². The highest BCUT2D eigenvalue weighted by atomic mass is 16.6. The fourth-order valence-corrected chi connectivity index (χ4v) is 2.57. The van der Waals surface area contributed by atoms with E-state index in [0.29, 0.717) is 18.2 Å². The van der Waals surface area contributed by atoms with Crippen LogP contribution in [0.25, 0.3) is 0 Å². The molecule has 8 nitrogen and oxygen atoms in total. The van der Waals surface area contributed by atoms with Gasteiger partial charge in [0.05, 0.1) is 4.92 Å². The highest BCUT2D eigenvalue weighted by Crippen LogP contribution is 2.28. The third-order valence-electron chi connectivity index (χ3n) is 3.79. The van der Waals surface area contributed by atoms with Crippen LogP contribution in [0.3, 0.4) is 0 Å². The molecule has 0 bridgehead atoms. The molecule has 0 aliphatic carbocycles. The van der Waals surface area contributed by atoms with Gasteiger partial charge in [-0.15, -0.1) is 0 Å². The molecule has 1 aromatic heterocycles. The summed E-state index contributed by atoms with van der Waals surface area (Å²) in [6.07, 6.45) is 2.68. The summed E-state index contributed by atoms with van der Waals surface area (Å²) in [6.45, 7) is 1.52. The van der Waals surface area contributed by atoms with Crippen LogP contribution in [0.1, 0.15) is 25.7 Å². The number of hydrogen-bond donors (Lipinski definition) is 2. The summed E-state index contributed by atoms with van der Waals surface area (Å²) in [5.74, 6) is 0.204. The fourth-order valence-electron chi connectivity index (χ4n) is 2.57. The Morgan fingerprint density at radius 2 is 2.14 bits per heavy atom. The van der Waals surface area contributed by atoms with E-state index in [1.54, 1.807) is 6.07 Å². The molecule has 1 aromatic rings. The number of aliphatic carboxylic acids is 1. The van der Waals surface area contributed by atoms with Crippen molar-refractivity contribution in [1.82, 2.24) is 4.98 Å². The van der Waals surface area contributed by atoms with Gasteiger partial charge in [0, 0.05) is 25.6 Å². The van der Waals surface area contributed by atoms with Crippen molar-refractivity contribution in [2.75, 3.05) is 23.7 Å². The lowest BCUT2D eigenvalue weighted by Crippen LogP contribution is -2.34. The molecule has 0 amide bonds. The van der Waals surface area contributed by atoms with Gasteiger partial charge in [-0.05, 0) is 31.2 Å². The van der Waals surface area contributed by atoms with Crippen LogP contribution in [-0.4, -0.2) is 34.1 Å². The van der Waals surface area contributed by atoms with Gasteiger partial charge in [0.2, 0.25) is 5.82 Å². The van der Waals surface area contributed by atoms with E-state index >= 15 is 0 Å². The Bertz CT molecular complexity index is 541. The molecule has 1 aliphatic rings. The SMILES string of the molecule is Nc1nc(N2CCC(CCC(=O)O)CC2)ccc1[N+](=O)[O-]. The van der Waals surface area contributed by atoms with Crippen molar-refractivity contribution in [3.8, 4) is 0 Å². The highest BCUT2D eigenvalue weighted by molar-refractivity contribution is 5.66. The maximum Gasteiger partial charge on any atom is 0.311 e. The Morgan fingerprint density at radius 1 is 1.48 bits per heavy atom. The normalized spacial score (nSPS) is 15.9. The van der Waals surface area contributed by atoms with Gasteiger partial charge >= 0.3 is 11.7 Å². The van der Waals surface area contributed by atoms with Gasteiger partial charge in [0.25, 0.3) is 0 Å². The molecule has 2 heterocycles. The molecule has 0 unspecified atom stereocenters. The Hall–Kier alpha value is -2.38. The number of nitro groups is 1. The number of nitrogens with zero attached hydrogens (tertiary/aromatic N) is 3. The Labute approximate surface area is 121 Å². The number of carboxylic acid groups (broad SMARTS) is 1. The first-order valence-corrected chi connectivity index (χ1v) is 6.85. The molecular formula is C13H18N4O4. The van der Waals surface area contributed by atoms with Gasteiger partial charge in [-0.1, -0.05) is 0 Å². The lowest BCUT2D eigenvalue weighted by Gasteiger charge is -2.32. The molecule has 1 fully saturated rings. The van der Waals surface area contributed by atoms with E-state index in [0.717, 1.165) is 25.9 Å². The minimum atomic E-state index is -0.762. The highest BCUT2D eigenvalue weighted by Gasteiger charge is 2.22. The molecule has 114 valence electrons. The molecular weight excluding hydrogens is 276 g/mol. The fraction of sp³-hybridized carbons (Fsp3) is 0.538. The quantitative estimate of drug-likeness (QED) is 0.625. The zero-order chi connectivity index (χ0) is 15.4. The van der Waals surface area contributed by atoms with Crippen molar-refractivity contribution >= 4 is 23.3 Å². The maximum absolute atomic E-state index is 10.7. The topological polar surface area (TPSA) is 123 Å². The summed E-state index contributed by atoms with van der Waals surface area (Å²) in [6, 6.07) is 2.97. The van der Waals surface area contributed by atoms with Gasteiger partial charge in [0.1, 0.15) is 5.82 Å². The third kappa shape index (κ3) is 3.80. The van der Waals surface area contributed by atoms with E-state index in [1.807, 2.05) is 4.90 Å². The van der Waals surface area contributed by atoms with Crippen LogP contribution >= 0.6 is 0 Å². The third-order valence-corrected chi connectivity index (χ3v) is 3.79. The zero-order valence-corrected chi connectivity index (χ0v) is 11.6. The summed E-state index contributed by atoms with van der Waals surface area (Å²) in [4.78, 5) is 26.8. The number of rotatable bonds is 5. The van der Waals surface area contributed by atoms with E-state index in [1.165, 1.54) is 6.07 Å². The van der Waals surface area contributed by atoms with Crippen LogP contribution in [0, 0.1) is 16.0 Å². The smallest absolute Gasteiger partial charge is 0.311 e. The minimum absolute atomic E-state index is 0.0782. The molecule has 0 atom stereocenters. The molecule has 0 radical (unpaired) electrons. The second kappa shape index (κ2) is 6.38. The molecule has 1 saturated heterocycles. The van der Waals surface area contributed by atoms with Crippen molar-refractivity contribution in [1.29, 1.82) is 0 Å². The summed E-state index contributed by atoms with van der Waals surface area (Å²) in [5.41, 5.74) is 5.41. The number of aromatic nitrogens is 1. The van der Waals surface area contributed by atoms with Crippen LogP contribution in [0.4, 0.5) is 17.3 Å². The number of piperidine rings is 1. The first-order valence-electron chi connectivity index (χ1n) is 6.85. The minimum Gasteiger partial charge on any atom is -0.481 e. The average molecular weight is 294 g/mol. The number of pyridine rings is 1. The summed E-state index contributed by atoms with van der Waals surface area (Å²) < 4.78 is 0. The number of carboxylic acids is 1. The predicted octanol–water partition coefficient (Wildman–Crippen LogP) is 1.65. The lowest BCUT2D eigenvalue weighted by atomic mass is 9.92. The molecule has 0 spiro atoms. The van der Waals surface area contributed by atoms with Crippen molar-refractivity contribution in [2.24, 2.45) is 5.92 Å². The number of hydrogen-bond acceptors (Lipinski definition) is 6. The van der Waals surface area contributed by atoms with E-state index < -0.39 is 10.9 Å². The van der Waals surface area contributed by atoms with Gasteiger partial charge in [-0.3, -0.25) is 14.9 Å². The van der Waals surface area contributed by atoms with Gasteiger partial charge in [0.15, 0.2) is 0 Å². The van der Waals surface area contributed by atoms with E-state index in [2.05, 4.69) is 4.98 Å². The Kier molecular flexibility index (Phi) is 4.56. The van der Waals surface area contributed by atoms with Crippen molar-refractivity contribution in [3.05, 3.63) is 22.2 Å². The van der Waals surface area contributed by atoms with Gasteiger partial charge in [-0.25, -0.2) is 4.98 Å². The number of anilines is 2. The van der Waals surface area contributed by atoms with Crippen LogP contribution in [0.15, 0.2) is 12.1 Å². The monoisotopic (exact) mass is 294 g/mol. The van der Waals surface area contributed by atoms with Crippen molar-refractivity contribution < 1.29 is 14.8 Å². The van der Waals surface area contributed by atoms with Crippen molar-refractivity contribution in [2.45, 2.75) is 25.7 Å². The first kappa shape index (κ1) is 15.0. The van der Waals surface area contributed by atoms with Crippen LogP contribution in [0.5, 0.6) is 0 Å². The molecule has 0 aromatic carbocycles. The largest absolute Gasteiger partial charge is 0.481 e. The lowest BCUT2D eigenvalue weighted by molar-refractivity contribution is -0.384. The summed E-state index contributed by atoms with van der Waals surface area (Å²) in [7, 11) is 0. The molecule has 1 aliphatic heterocycles. The van der Waals surface area contributed by atoms with E-state index in [9.17, 15) is 14.9 Å². The first-order chi connectivity index (χ1) is 9.97. The second-order valence-corrected chi connectivity index (χ2v) is 5.19. The average Bonchev–Trinajstić information content (AvgIpc) is 2.45. The molecule has 0 saturated carbocycles. The summed E-state index contributed by atoms with van der Waals surface area (Å²) >= 11 is 0. The van der Waals surface area contributed by atoms with Crippen molar-refractivity contribution in [3.63, 3.8) is 0 Å². The molecule has 21 heavy (non-hydrogen) atoms. The predicted molar refractivity (Wildman–Crippen MR) is 77.1 cm³/mol. The molecule has 8 heteroatoms. The number of nitrogen functional groups attached to an aromatic ring is 1. The van der Waals surface area contributed by atoms with Gasteiger partial charge < -0.3 is 15.7 Å². The van der Waals surface area contributed by atoms with E-state index in [4.69, 9.17) is 10.8 Å². The number of nitrogens with two attached hydrogens (primary N) is 1. The van der Waals surface area contributed by atoms with Crippen LogP contribution < -0.4 is 10.6 Å². The Morgan fingerprint density at radius 3 is 2.67 bits per heavy atom. The van der Waals surface area contributed by atoms with Gasteiger partial charge in [-0.2, -0.15) is 0 Å². The summed E-state index contributed by atoms with van der Waals surface area (Å²) in [5, 5.41) is 19.4. The Balaban J connectivity index is 1.94. The second-order valence-electron chi connectivity index (χ2n) is 5.19. The molecule has 2 rings (SSSR count). The van der Waals surface area contributed by atoms with E-state index in [-0.39, 0.29) is 17.9 Å². The standard InChI is InChI=1S/C13H18N4O4/c14-13-10(17(20)21)2-3-11(15-13)16-7-5-9(6-8-16)1-4-12(18)19/h2-3,9H,1,4-8H2,(H2,14,15)(H,18,19). The zero-order valence-electron chi connectivity index (χ0n) is 11.6. The maximum atomic E-state index is 10.7.